The van der Waals surface area contributed by atoms with Gasteiger partial charge in [0, 0.05) is 20.6 Å². The highest BCUT2D eigenvalue weighted by atomic mass is 16.6. The molecule has 1 rings (SSSR count). The van der Waals surface area contributed by atoms with Crippen LogP contribution in [0.3, 0.4) is 0 Å². The summed E-state index contributed by atoms with van der Waals surface area (Å²) < 4.78 is 5.06. The lowest BCUT2D eigenvalue weighted by atomic mass is 10.2. The standard InChI is InChI=1S/C9H16N2O3/c1-8(11(12)13)6-10-5-3-4-9(10)7-14-2/h6,9H,3-5,7H2,1-2H3/b8-6+/t9-/m0/s1. The van der Waals surface area contributed by atoms with Crippen molar-refractivity contribution in [3.8, 4) is 0 Å². The number of nitro groups is 1. The van der Waals surface area contributed by atoms with Crippen molar-refractivity contribution in [2.75, 3.05) is 20.3 Å². The summed E-state index contributed by atoms with van der Waals surface area (Å²) in [6.07, 6.45) is 3.75. The lowest BCUT2D eigenvalue weighted by Gasteiger charge is -2.21. The Balaban J connectivity index is 2.58. The van der Waals surface area contributed by atoms with Crippen LogP contribution in [0.25, 0.3) is 0 Å². The number of methoxy groups -OCH3 is 1. The molecule has 0 spiro atoms. The first-order valence-electron chi connectivity index (χ1n) is 4.72. The average molecular weight is 200 g/mol. The SMILES string of the molecule is COC[C@@H]1CCCN1/C=C(\C)[N+](=O)[O-]. The van der Waals surface area contributed by atoms with Crippen molar-refractivity contribution < 1.29 is 9.66 Å². The summed E-state index contributed by atoms with van der Waals surface area (Å²) in [7, 11) is 1.65. The predicted molar refractivity (Wildman–Crippen MR) is 52.4 cm³/mol. The van der Waals surface area contributed by atoms with Gasteiger partial charge in [-0.25, -0.2) is 0 Å². The Morgan fingerprint density at radius 2 is 2.50 bits per heavy atom. The molecule has 5 nitrogen and oxygen atoms in total. The van der Waals surface area contributed by atoms with Crippen LogP contribution in [0.4, 0.5) is 0 Å². The van der Waals surface area contributed by atoms with Gasteiger partial charge in [0.1, 0.15) is 0 Å². The van der Waals surface area contributed by atoms with Crippen molar-refractivity contribution in [1.29, 1.82) is 0 Å². The third-order valence-corrected chi connectivity index (χ3v) is 2.42. The van der Waals surface area contributed by atoms with Crippen LogP contribution in [0.15, 0.2) is 11.9 Å². The monoisotopic (exact) mass is 200 g/mol. The maximum Gasteiger partial charge on any atom is 0.258 e. The van der Waals surface area contributed by atoms with Gasteiger partial charge in [0.2, 0.25) is 0 Å². The first-order valence-corrected chi connectivity index (χ1v) is 4.72. The first-order chi connectivity index (χ1) is 6.65. The van der Waals surface area contributed by atoms with Gasteiger partial charge in [-0.15, -0.1) is 0 Å². The Morgan fingerprint density at radius 3 is 3.07 bits per heavy atom. The van der Waals surface area contributed by atoms with Crippen molar-refractivity contribution in [3.05, 3.63) is 22.0 Å². The molecule has 0 aromatic rings. The van der Waals surface area contributed by atoms with Crippen LogP contribution in [-0.2, 0) is 4.74 Å². The number of hydrogen-bond donors (Lipinski definition) is 0. The van der Waals surface area contributed by atoms with Crippen LogP contribution in [0.1, 0.15) is 19.8 Å². The Kier molecular flexibility index (Phi) is 3.88. The molecule has 0 unspecified atom stereocenters. The van der Waals surface area contributed by atoms with Gasteiger partial charge in [0.25, 0.3) is 5.70 Å². The van der Waals surface area contributed by atoms with Crippen LogP contribution in [0, 0.1) is 10.1 Å². The Morgan fingerprint density at radius 1 is 1.79 bits per heavy atom. The lowest BCUT2D eigenvalue weighted by Crippen LogP contribution is -2.28. The minimum absolute atomic E-state index is 0.188. The molecule has 1 heterocycles. The van der Waals surface area contributed by atoms with E-state index in [1.54, 1.807) is 13.3 Å². The summed E-state index contributed by atoms with van der Waals surface area (Å²) in [5, 5.41) is 10.4. The molecule has 1 aliphatic heterocycles. The first kappa shape index (κ1) is 11.0. The quantitative estimate of drug-likeness (QED) is 0.506. The summed E-state index contributed by atoms with van der Waals surface area (Å²) in [6.45, 7) is 3.04. The van der Waals surface area contributed by atoms with Crippen LogP contribution in [0.5, 0.6) is 0 Å². The van der Waals surface area contributed by atoms with E-state index in [0.29, 0.717) is 12.6 Å². The van der Waals surface area contributed by atoms with Crippen LogP contribution in [-0.4, -0.2) is 36.1 Å². The second-order valence-corrected chi connectivity index (χ2v) is 3.52. The molecule has 80 valence electrons. The molecule has 0 aromatic heterocycles. The van der Waals surface area contributed by atoms with E-state index in [4.69, 9.17) is 4.74 Å². The van der Waals surface area contributed by atoms with Gasteiger partial charge in [0.05, 0.1) is 23.8 Å². The number of rotatable bonds is 4. The van der Waals surface area contributed by atoms with E-state index in [1.165, 1.54) is 6.92 Å². The summed E-state index contributed by atoms with van der Waals surface area (Å²) in [5.41, 5.74) is 0.188. The fraction of sp³-hybridized carbons (Fsp3) is 0.778. The van der Waals surface area contributed by atoms with E-state index in [2.05, 4.69) is 0 Å². The molecule has 0 radical (unpaired) electrons. The van der Waals surface area contributed by atoms with Gasteiger partial charge in [-0.2, -0.15) is 0 Å². The lowest BCUT2D eigenvalue weighted by molar-refractivity contribution is -0.425. The largest absolute Gasteiger partial charge is 0.383 e. The minimum atomic E-state index is -0.359. The van der Waals surface area contributed by atoms with E-state index < -0.39 is 0 Å². The van der Waals surface area contributed by atoms with E-state index in [9.17, 15) is 10.1 Å². The van der Waals surface area contributed by atoms with Gasteiger partial charge >= 0.3 is 0 Å². The molecule has 0 amide bonds. The fourth-order valence-electron chi connectivity index (χ4n) is 1.69. The normalized spacial score (nSPS) is 22.9. The second-order valence-electron chi connectivity index (χ2n) is 3.52. The second kappa shape index (κ2) is 4.95. The minimum Gasteiger partial charge on any atom is -0.383 e. The highest BCUT2D eigenvalue weighted by Crippen LogP contribution is 2.18. The topological polar surface area (TPSA) is 55.6 Å². The van der Waals surface area contributed by atoms with Crippen LogP contribution in [0.2, 0.25) is 0 Å². The van der Waals surface area contributed by atoms with Gasteiger partial charge < -0.3 is 9.64 Å². The highest BCUT2D eigenvalue weighted by Gasteiger charge is 2.23. The number of hydrogen-bond acceptors (Lipinski definition) is 4. The average Bonchev–Trinajstić information content (AvgIpc) is 2.53. The highest BCUT2D eigenvalue weighted by molar-refractivity contribution is 4.93. The summed E-state index contributed by atoms with van der Waals surface area (Å²) >= 11 is 0. The predicted octanol–water partition coefficient (Wildman–Crippen LogP) is 1.24. The Hall–Kier alpha value is -1.10. The van der Waals surface area contributed by atoms with Crippen LogP contribution < -0.4 is 0 Å². The van der Waals surface area contributed by atoms with E-state index in [0.717, 1.165) is 19.4 Å². The van der Waals surface area contributed by atoms with Crippen LogP contribution >= 0.6 is 0 Å². The molecule has 0 saturated carbocycles. The zero-order valence-corrected chi connectivity index (χ0v) is 8.60. The van der Waals surface area contributed by atoms with Gasteiger partial charge in [-0.05, 0) is 12.8 Å². The molecular weight excluding hydrogens is 184 g/mol. The Labute approximate surface area is 83.5 Å². The van der Waals surface area contributed by atoms with Crippen molar-refractivity contribution in [2.24, 2.45) is 0 Å². The number of likely N-dealkylation sites (tertiary alicyclic amines) is 1. The molecule has 1 atom stereocenters. The number of ether oxygens (including phenoxy) is 1. The number of allylic oxidation sites excluding steroid dienone is 1. The van der Waals surface area contributed by atoms with E-state index >= 15 is 0 Å². The molecule has 1 fully saturated rings. The fourth-order valence-corrected chi connectivity index (χ4v) is 1.69. The maximum atomic E-state index is 10.4. The molecule has 1 aliphatic rings. The summed E-state index contributed by atoms with van der Waals surface area (Å²) in [5.74, 6) is 0. The zero-order valence-electron chi connectivity index (χ0n) is 8.60. The molecule has 14 heavy (non-hydrogen) atoms. The molecule has 0 aromatic carbocycles. The molecular formula is C9H16N2O3. The smallest absolute Gasteiger partial charge is 0.258 e. The van der Waals surface area contributed by atoms with Gasteiger partial charge in [0.15, 0.2) is 0 Å². The zero-order chi connectivity index (χ0) is 10.6. The van der Waals surface area contributed by atoms with Crippen molar-refractivity contribution in [2.45, 2.75) is 25.8 Å². The van der Waals surface area contributed by atoms with Crippen molar-refractivity contribution >= 4 is 0 Å². The molecule has 0 N–H and O–H groups in total. The third-order valence-electron chi connectivity index (χ3n) is 2.42. The van der Waals surface area contributed by atoms with Gasteiger partial charge in [-0.1, -0.05) is 0 Å². The van der Waals surface area contributed by atoms with Crippen molar-refractivity contribution in [3.63, 3.8) is 0 Å². The number of nitrogens with zero attached hydrogens (tertiary/aromatic N) is 2. The summed E-state index contributed by atoms with van der Waals surface area (Å²) in [4.78, 5) is 12.1. The summed E-state index contributed by atoms with van der Waals surface area (Å²) in [6, 6.07) is 0.301. The molecule has 0 bridgehead atoms. The van der Waals surface area contributed by atoms with Gasteiger partial charge in [-0.3, -0.25) is 10.1 Å². The van der Waals surface area contributed by atoms with Crippen molar-refractivity contribution in [1.82, 2.24) is 4.90 Å². The van der Waals surface area contributed by atoms with E-state index in [1.807, 2.05) is 4.90 Å². The Bertz CT molecular complexity index is 240. The maximum absolute atomic E-state index is 10.4. The molecule has 1 saturated heterocycles. The third kappa shape index (κ3) is 2.70. The molecule has 5 heteroatoms. The van der Waals surface area contributed by atoms with E-state index in [-0.39, 0.29) is 10.6 Å². The molecule has 0 aliphatic carbocycles.